The number of aromatic nitrogens is 4. The number of hydrogen-bond acceptors (Lipinski definition) is 5. The molecule has 1 heterocycles. The number of nitrogens with zero attached hydrogens (tertiary/aromatic N) is 4. The lowest BCUT2D eigenvalue weighted by molar-refractivity contribution is 0.565. The Bertz CT molecular complexity index is 245. The first-order chi connectivity index (χ1) is 6.24. The molecule has 2 N–H and O–H groups in total. The number of hydrogen-bond donors (Lipinski definition) is 2. The number of nitrogens with one attached hydrogen (secondary N) is 2. The van der Waals surface area contributed by atoms with Gasteiger partial charge in [0.25, 0.3) is 0 Å². The minimum Gasteiger partial charge on any atom is -0.353 e. The molecular formula is C7H16N6. The average molecular weight is 184 g/mol. The van der Waals surface area contributed by atoms with Gasteiger partial charge in [-0.05, 0) is 29.9 Å². The maximum absolute atomic E-state index is 3.82. The van der Waals surface area contributed by atoms with Gasteiger partial charge >= 0.3 is 0 Å². The van der Waals surface area contributed by atoms with Gasteiger partial charge < -0.3 is 10.6 Å². The van der Waals surface area contributed by atoms with Crippen LogP contribution in [0.4, 0.5) is 5.95 Å². The molecule has 0 aliphatic heterocycles. The van der Waals surface area contributed by atoms with Crippen LogP contribution >= 0.6 is 0 Å². The van der Waals surface area contributed by atoms with E-state index in [0.717, 1.165) is 13.1 Å². The summed E-state index contributed by atoms with van der Waals surface area (Å²) in [5, 5.41) is 17.3. The van der Waals surface area contributed by atoms with Crippen molar-refractivity contribution in [3.8, 4) is 0 Å². The standard InChI is InChI=1S/C7H16N6/c1-6(4-8-2)5-9-7-10-11-12-13(7)3/h6,8H,4-5H2,1-3H3,(H,9,10,12). The molecule has 13 heavy (non-hydrogen) atoms. The Labute approximate surface area is 77.7 Å². The highest BCUT2D eigenvalue weighted by atomic mass is 15.6. The monoisotopic (exact) mass is 184 g/mol. The Morgan fingerprint density at radius 2 is 2.23 bits per heavy atom. The van der Waals surface area contributed by atoms with Crippen LogP contribution in [0.25, 0.3) is 0 Å². The van der Waals surface area contributed by atoms with Crippen LogP contribution in [0.15, 0.2) is 0 Å². The Hall–Kier alpha value is -1.17. The molecule has 6 heteroatoms. The smallest absolute Gasteiger partial charge is 0.242 e. The summed E-state index contributed by atoms with van der Waals surface area (Å²) in [6, 6.07) is 0. The molecule has 74 valence electrons. The zero-order chi connectivity index (χ0) is 9.68. The van der Waals surface area contributed by atoms with Gasteiger partial charge in [-0.15, -0.1) is 0 Å². The van der Waals surface area contributed by atoms with Crippen molar-refractivity contribution >= 4 is 5.95 Å². The number of rotatable bonds is 5. The van der Waals surface area contributed by atoms with Gasteiger partial charge in [-0.2, -0.15) is 0 Å². The third kappa shape index (κ3) is 2.98. The van der Waals surface area contributed by atoms with Crippen LogP contribution in [0, 0.1) is 5.92 Å². The molecule has 0 bridgehead atoms. The minimum atomic E-state index is 0.557. The zero-order valence-corrected chi connectivity index (χ0v) is 8.28. The van der Waals surface area contributed by atoms with Crippen molar-refractivity contribution in [2.24, 2.45) is 13.0 Å². The van der Waals surface area contributed by atoms with E-state index in [1.165, 1.54) is 0 Å². The third-order valence-electron chi connectivity index (χ3n) is 1.78. The van der Waals surface area contributed by atoms with Crippen molar-refractivity contribution in [2.75, 3.05) is 25.5 Å². The predicted octanol–water partition coefficient (Wildman–Crippen LogP) is -0.522. The molecule has 6 nitrogen and oxygen atoms in total. The van der Waals surface area contributed by atoms with E-state index in [1.54, 1.807) is 4.68 Å². The molecule has 1 aromatic rings. The van der Waals surface area contributed by atoms with E-state index in [0.29, 0.717) is 11.9 Å². The molecular weight excluding hydrogens is 168 g/mol. The summed E-state index contributed by atoms with van der Waals surface area (Å²) in [7, 11) is 3.76. The molecule has 0 aliphatic carbocycles. The average Bonchev–Trinajstić information content (AvgIpc) is 2.48. The quantitative estimate of drug-likeness (QED) is 0.644. The van der Waals surface area contributed by atoms with Crippen molar-refractivity contribution in [3.05, 3.63) is 0 Å². The first-order valence-electron chi connectivity index (χ1n) is 4.35. The SMILES string of the molecule is CNCC(C)CNc1nnnn1C. The van der Waals surface area contributed by atoms with Crippen LogP contribution in [0.5, 0.6) is 0 Å². The fourth-order valence-electron chi connectivity index (χ4n) is 1.07. The molecule has 1 aromatic heterocycles. The zero-order valence-electron chi connectivity index (χ0n) is 8.28. The van der Waals surface area contributed by atoms with Crippen LogP contribution in [0.3, 0.4) is 0 Å². The summed E-state index contributed by atoms with van der Waals surface area (Å²) in [4.78, 5) is 0. The highest BCUT2D eigenvalue weighted by Crippen LogP contribution is 1.98. The molecule has 0 spiro atoms. The van der Waals surface area contributed by atoms with Crippen LogP contribution in [0.2, 0.25) is 0 Å². The lowest BCUT2D eigenvalue weighted by Crippen LogP contribution is -2.23. The van der Waals surface area contributed by atoms with E-state index >= 15 is 0 Å². The van der Waals surface area contributed by atoms with Gasteiger partial charge in [-0.1, -0.05) is 12.0 Å². The van der Waals surface area contributed by atoms with Gasteiger partial charge in [0.15, 0.2) is 0 Å². The maximum atomic E-state index is 3.82. The molecule has 0 saturated carbocycles. The van der Waals surface area contributed by atoms with E-state index in [1.807, 2.05) is 14.1 Å². The molecule has 1 rings (SSSR count). The molecule has 0 radical (unpaired) electrons. The van der Waals surface area contributed by atoms with E-state index < -0.39 is 0 Å². The van der Waals surface area contributed by atoms with E-state index in [9.17, 15) is 0 Å². The third-order valence-corrected chi connectivity index (χ3v) is 1.78. The van der Waals surface area contributed by atoms with Gasteiger partial charge in [-0.25, -0.2) is 4.68 Å². The summed E-state index contributed by atoms with van der Waals surface area (Å²) in [5.41, 5.74) is 0. The topological polar surface area (TPSA) is 67.7 Å². The van der Waals surface area contributed by atoms with Crippen molar-refractivity contribution < 1.29 is 0 Å². The molecule has 1 atom stereocenters. The van der Waals surface area contributed by atoms with Gasteiger partial charge in [0.1, 0.15) is 0 Å². The second-order valence-electron chi connectivity index (χ2n) is 3.17. The molecule has 0 amide bonds. The summed E-state index contributed by atoms with van der Waals surface area (Å²) in [6.07, 6.45) is 0. The second-order valence-corrected chi connectivity index (χ2v) is 3.17. The summed E-state index contributed by atoms with van der Waals surface area (Å²) < 4.78 is 1.62. The highest BCUT2D eigenvalue weighted by Gasteiger charge is 2.03. The Morgan fingerprint density at radius 1 is 1.46 bits per heavy atom. The molecule has 0 saturated heterocycles. The van der Waals surface area contributed by atoms with Crippen molar-refractivity contribution in [2.45, 2.75) is 6.92 Å². The van der Waals surface area contributed by atoms with E-state index in [4.69, 9.17) is 0 Å². The fraction of sp³-hybridized carbons (Fsp3) is 0.857. The maximum Gasteiger partial charge on any atom is 0.242 e. The number of tetrazole rings is 1. The first kappa shape index (κ1) is 9.91. The molecule has 0 fully saturated rings. The van der Waals surface area contributed by atoms with E-state index in [2.05, 4.69) is 33.1 Å². The van der Waals surface area contributed by atoms with Crippen molar-refractivity contribution in [3.63, 3.8) is 0 Å². The van der Waals surface area contributed by atoms with Gasteiger partial charge in [0, 0.05) is 13.6 Å². The molecule has 0 aliphatic rings. The minimum absolute atomic E-state index is 0.557. The fourth-order valence-corrected chi connectivity index (χ4v) is 1.07. The molecule has 0 aromatic carbocycles. The second kappa shape index (κ2) is 4.76. The van der Waals surface area contributed by atoms with Gasteiger partial charge in [-0.3, -0.25) is 0 Å². The summed E-state index contributed by atoms with van der Waals surface area (Å²) in [5.74, 6) is 1.27. The normalized spacial score (nSPS) is 12.8. The Kier molecular flexibility index (Phi) is 3.63. The van der Waals surface area contributed by atoms with Crippen LogP contribution < -0.4 is 10.6 Å². The first-order valence-corrected chi connectivity index (χ1v) is 4.35. The van der Waals surface area contributed by atoms with Crippen LogP contribution in [-0.2, 0) is 7.05 Å². The summed E-state index contributed by atoms with van der Waals surface area (Å²) in [6.45, 7) is 4.01. The lowest BCUT2D eigenvalue weighted by Gasteiger charge is -2.10. The lowest BCUT2D eigenvalue weighted by atomic mass is 10.2. The number of anilines is 1. The van der Waals surface area contributed by atoms with Gasteiger partial charge in [0.05, 0.1) is 0 Å². The van der Waals surface area contributed by atoms with Crippen molar-refractivity contribution in [1.82, 2.24) is 25.5 Å². The summed E-state index contributed by atoms with van der Waals surface area (Å²) >= 11 is 0. The van der Waals surface area contributed by atoms with Gasteiger partial charge in [0.2, 0.25) is 5.95 Å². The highest BCUT2D eigenvalue weighted by molar-refractivity contribution is 5.20. The Balaban J connectivity index is 2.30. The van der Waals surface area contributed by atoms with E-state index in [-0.39, 0.29) is 0 Å². The largest absolute Gasteiger partial charge is 0.353 e. The van der Waals surface area contributed by atoms with Crippen molar-refractivity contribution in [1.29, 1.82) is 0 Å². The predicted molar refractivity (Wildman–Crippen MR) is 50.4 cm³/mol. The van der Waals surface area contributed by atoms with Crippen LogP contribution in [-0.4, -0.2) is 40.3 Å². The number of aryl methyl sites for hydroxylation is 1. The van der Waals surface area contributed by atoms with Crippen LogP contribution in [0.1, 0.15) is 6.92 Å². The Morgan fingerprint density at radius 3 is 2.77 bits per heavy atom. The molecule has 1 unspecified atom stereocenters.